The quantitative estimate of drug-likeness (QED) is 0.454. The van der Waals surface area contributed by atoms with Gasteiger partial charge in [0, 0.05) is 19.2 Å². The van der Waals surface area contributed by atoms with Crippen molar-refractivity contribution in [2.45, 2.75) is 37.8 Å². The smallest absolute Gasteiger partial charge is 0.265 e. The number of fused-ring (bicyclic) bond motifs is 1. The molecule has 3 aromatic rings. The normalized spacial score (nSPS) is 15.0. The number of para-hydroxylation sites is 2. The van der Waals surface area contributed by atoms with Crippen molar-refractivity contribution in [1.29, 1.82) is 0 Å². The molecule has 186 valence electrons. The molecule has 0 bridgehead atoms. The van der Waals surface area contributed by atoms with Gasteiger partial charge >= 0.3 is 0 Å². The first kappa shape index (κ1) is 24.9. The van der Waals surface area contributed by atoms with Crippen molar-refractivity contribution in [2.24, 2.45) is 0 Å². The van der Waals surface area contributed by atoms with Gasteiger partial charge in [0.1, 0.15) is 6.04 Å². The van der Waals surface area contributed by atoms with E-state index in [-0.39, 0.29) is 29.5 Å². The Morgan fingerprint density at radius 1 is 0.972 bits per heavy atom. The fraction of sp³-hybridized carbons (Fsp3) is 0.192. The van der Waals surface area contributed by atoms with Gasteiger partial charge in [-0.3, -0.25) is 18.7 Å². The number of hydrogen-bond donors (Lipinski definition) is 3. The maximum Gasteiger partial charge on any atom is 0.265 e. The van der Waals surface area contributed by atoms with Crippen LogP contribution in [0.4, 0.5) is 17.1 Å². The van der Waals surface area contributed by atoms with Gasteiger partial charge in [0.25, 0.3) is 10.0 Å². The molecule has 0 aromatic heterocycles. The summed E-state index contributed by atoms with van der Waals surface area (Å²) in [6.45, 7) is 3.57. The monoisotopic (exact) mass is 506 g/mol. The van der Waals surface area contributed by atoms with E-state index in [2.05, 4.69) is 16.0 Å². The molecule has 4 rings (SSSR count). The topological polar surface area (TPSA) is 125 Å². The fourth-order valence-corrected chi connectivity index (χ4v) is 5.51. The molecule has 0 aliphatic carbocycles. The van der Waals surface area contributed by atoms with Gasteiger partial charge in [-0.05, 0) is 48.9 Å². The minimum Gasteiger partial charge on any atom is -0.352 e. The highest BCUT2D eigenvalue weighted by molar-refractivity contribution is 7.93. The molecule has 1 aliphatic rings. The Morgan fingerprint density at radius 2 is 1.64 bits per heavy atom. The predicted octanol–water partition coefficient (Wildman–Crippen LogP) is 3.18. The van der Waals surface area contributed by atoms with Crippen LogP contribution in [0.2, 0.25) is 0 Å². The van der Waals surface area contributed by atoms with Gasteiger partial charge in [0.05, 0.1) is 22.7 Å². The first-order chi connectivity index (χ1) is 17.1. The van der Waals surface area contributed by atoms with E-state index in [0.717, 1.165) is 15.4 Å². The maximum atomic E-state index is 13.8. The number of sulfonamides is 1. The third kappa shape index (κ3) is 5.38. The molecule has 0 saturated heterocycles. The SMILES string of the molecule is CC(=O)NCc1ccc(S(=O)(=O)N2c3ccccc3NC(=O)[C@H]2CC(=O)Nc2ccc(C)cc2)cc1. The number of carbonyl (C=O) groups excluding carboxylic acids is 3. The molecule has 3 amide bonds. The summed E-state index contributed by atoms with van der Waals surface area (Å²) in [5.41, 5.74) is 2.90. The zero-order valence-corrected chi connectivity index (χ0v) is 20.6. The zero-order chi connectivity index (χ0) is 25.9. The van der Waals surface area contributed by atoms with Gasteiger partial charge in [-0.15, -0.1) is 0 Å². The van der Waals surface area contributed by atoms with Crippen molar-refractivity contribution >= 4 is 44.8 Å². The third-order valence-electron chi connectivity index (χ3n) is 5.72. The molecule has 9 nitrogen and oxygen atoms in total. The number of nitrogens with one attached hydrogen (secondary N) is 3. The van der Waals surface area contributed by atoms with Crippen molar-refractivity contribution in [3.63, 3.8) is 0 Å². The van der Waals surface area contributed by atoms with Crippen molar-refractivity contribution < 1.29 is 22.8 Å². The molecule has 1 heterocycles. The largest absolute Gasteiger partial charge is 0.352 e. The molecular weight excluding hydrogens is 480 g/mol. The van der Waals surface area contributed by atoms with Crippen molar-refractivity contribution in [2.75, 3.05) is 14.9 Å². The highest BCUT2D eigenvalue weighted by atomic mass is 32.2. The summed E-state index contributed by atoms with van der Waals surface area (Å²) in [7, 11) is -4.22. The highest BCUT2D eigenvalue weighted by Gasteiger charge is 2.42. The van der Waals surface area contributed by atoms with Gasteiger partial charge < -0.3 is 16.0 Å². The van der Waals surface area contributed by atoms with Crippen LogP contribution in [0, 0.1) is 6.92 Å². The number of rotatable bonds is 7. The van der Waals surface area contributed by atoms with E-state index in [1.54, 1.807) is 48.5 Å². The molecule has 0 fully saturated rings. The molecule has 10 heteroatoms. The molecule has 36 heavy (non-hydrogen) atoms. The molecule has 3 aromatic carbocycles. The molecular formula is C26H26N4O5S. The van der Waals surface area contributed by atoms with E-state index in [9.17, 15) is 22.8 Å². The van der Waals surface area contributed by atoms with Crippen LogP contribution in [-0.4, -0.2) is 32.2 Å². The Morgan fingerprint density at radius 3 is 2.31 bits per heavy atom. The minimum absolute atomic E-state index is 0.0393. The summed E-state index contributed by atoms with van der Waals surface area (Å²) in [5.74, 6) is -1.29. The number of aryl methyl sites for hydroxylation is 1. The predicted molar refractivity (Wildman–Crippen MR) is 137 cm³/mol. The molecule has 1 aliphatic heterocycles. The van der Waals surface area contributed by atoms with Crippen molar-refractivity contribution in [3.05, 3.63) is 83.9 Å². The number of anilines is 3. The first-order valence-electron chi connectivity index (χ1n) is 11.3. The van der Waals surface area contributed by atoms with Crippen LogP contribution in [0.5, 0.6) is 0 Å². The summed E-state index contributed by atoms with van der Waals surface area (Å²) in [5, 5.41) is 8.10. The Balaban J connectivity index is 1.65. The van der Waals surface area contributed by atoms with Crippen LogP contribution < -0.4 is 20.3 Å². The second kappa shape index (κ2) is 10.2. The zero-order valence-electron chi connectivity index (χ0n) is 19.8. The third-order valence-corrected chi connectivity index (χ3v) is 7.56. The lowest BCUT2D eigenvalue weighted by molar-refractivity contribution is -0.122. The van der Waals surface area contributed by atoms with Crippen molar-refractivity contribution in [3.8, 4) is 0 Å². The Labute approximate surface area is 209 Å². The van der Waals surface area contributed by atoms with Gasteiger partial charge in [0.2, 0.25) is 17.7 Å². The number of hydrogen-bond acceptors (Lipinski definition) is 5. The van der Waals surface area contributed by atoms with E-state index < -0.39 is 27.9 Å². The van der Waals surface area contributed by atoms with Gasteiger partial charge in [-0.1, -0.05) is 42.0 Å². The fourth-order valence-electron chi connectivity index (χ4n) is 3.88. The molecule has 3 N–H and O–H groups in total. The average molecular weight is 507 g/mol. The van der Waals surface area contributed by atoms with E-state index in [1.165, 1.54) is 19.1 Å². The molecule has 1 atom stereocenters. The maximum absolute atomic E-state index is 13.8. The first-order valence-corrected chi connectivity index (χ1v) is 12.7. The lowest BCUT2D eigenvalue weighted by Crippen LogP contribution is -2.52. The van der Waals surface area contributed by atoms with Gasteiger partial charge in [-0.25, -0.2) is 8.42 Å². The molecule has 0 saturated carbocycles. The highest BCUT2D eigenvalue weighted by Crippen LogP contribution is 2.37. The van der Waals surface area contributed by atoms with E-state index >= 15 is 0 Å². The Kier molecular flexibility index (Phi) is 7.07. The summed E-state index contributed by atoms with van der Waals surface area (Å²) in [6, 6.07) is 18.4. The van der Waals surface area contributed by atoms with Crippen LogP contribution in [-0.2, 0) is 31.0 Å². The summed E-state index contributed by atoms with van der Waals surface area (Å²) in [4.78, 5) is 37.0. The number of nitrogens with zero attached hydrogens (tertiary/aromatic N) is 1. The van der Waals surface area contributed by atoms with Crippen LogP contribution in [0.15, 0.2) is 77.7 Å². The van der Waals surface area contributed by atoms with Crippen molar-refractivity contribution in [1.82, 2.24) is 5.32 Å². The van der Waals surface area contributed by atoms with E-state index in [4.69, 9.17) is 0 Å². The van der Waals surface area contributed by atoms with Gasteiger partial charge in [-0.2, -0.15) is 0 Å². The number of carbonyl (C=O) groups is 3. The van der Waals surface area contributed by atoms with E-state index in [1.807, 2.05) is 19.1 Å². The lowest BCUT2D eigenvalue weighted by atomic mass is 10.1. The minimum atomic E-state index is -4.22. The van der Waals surface area contributed by atoms with Gasteiger partial charge in [0.15, 0.2) is 0 Å². The number of amides is 3. The summed E-state index contributed by atoms with van der Waals surface area (Å²) >= 11 is 0. The van der Waals surface area contributed by atoms with Crippen LogP contribution in [0.25, 0.3) is 0 Å². The number of benzene rings is 3. The molecule has 0 radical (unpaired) electrons. The van der Waals surface area contributed by atoms with Crippen LogP contribution in [0.1, 0.15) is 24.5 Å². The Bertz CT molecular complexity index is 1400. The molecule has 0 unspecified atom stereocenters. The Hall–Kier alpha value is -4.18. The van der Waals surface area contributed by atoms with Crippen LogP contribution in [0.3, 0.4) is 0 Å². The lowest BCUT2D eigenvalue weighted by Gasteiger charge is -2.36. The second-order valence-electron chi connectivity index (χ2n) is 8.50. The molecule has 0 spiro atoms. The summed E-state index contributed by atoms with van der Waals surface area (Å²) in [6.07, 6.45) is -0.381. The second-order valence-corrected chi connectivity index (χ2v) is 10.3. The average Bonchev–Trinajstić information content (AvgIpc) is 2.84. The summed E-state index contributed by atoms with van der Waals surface area (Å²) < 4.78 is 28.6. The van der Waals surface area contributed by atoms with E-state index in [0.29, 0.717) is 11.4 Å². The standard InChI is InChI=1S/C26H26N4O5S/c1-17-7-11-20(12-8-17)28-25(32)15-24-26(33)29-22-5-3-4-6-23(22)30(24)36(34,35)21-13-9-19(10-14-21)16-27-18(2)31/h3-14,24H,15-16H2,1-2H3,(H,27,31)(H,28,32)(H,29,33)/t24-/m1/s1. The van der Waals surface area contributed by atoms with Crippen LogP contribution >= 0.6 is 0 Å².